The second-order valence-electron chi connectivity index (χ2n) is 4.15. The molecule has 0 aliphatic rings. The minimum absolute atomic E-state index is 0.477. The normalized spacial score (nSPS) is 11.2. The predicted octanol–water partition coefficient (Wildman–Crippen LogP) is 4.04. The lowest BCUT2D eigenvalue weighted by Gasteiger charge is -2.12. The quantitative estimate of drug-likeness (QED) is 0.835. The van der Waals surface area contributed by atoms with E-state index in [0.717, 1.165) is 12.1 Å². The second-order valence-corrected chi connectivity index (χ2v) is 4.15. The van der Waals surface area contributed by atoms with Gasteiger partial charge in [-0.15, -0.1) is 0 Å². The average molecular weight is 282 g/mol. The molecule has 0 fully saturated rings. The molecule has 106 valence electrons. The van der Waals surface area contributed by atoms with Gasteiger partial charge in [-0.3, -0.25) is 0 Å². The molecule has 20 heavy (non-hydrogen) atoms. The Balaban J connectivity index is 2.22. The third kappa shape index (κ3) is 3.14. The van der Waals surface area contributed by atoms with Crippen LogP contribution in [0, 0.1) is 0 Å². The van der Waals surface area contributed by atoms with Crippen molar-refractivity contribution in [3.05, 3.63) is 48.0 Å². The summed E-state index contributed by atoms with van der Waals surface area (Å²) < 4.78 is 42.4. The zero-order valence-corrected chi connectivity index (χ0v) is 10.7. The van der Waals surface area contributed by atoms with Crippen LogP contribution in [0.15, 0.2) is 42.5 Å². The Morgan fingerprint density at radius 3 is 2.25 bits per heavy atom. The molecule has 0 saturated heterocycles. The number of nitrogen functional groups attached to an aromatic ring is 1. The highest BCUT2D eigenvalue weighted by molar-refractivity contribution is 5.74. The highest BCUT2D eigenvalue weighted by Crippen LogP contribution is 2.31. The van der Waals surface area contributed by atoms with Crippen LogP contribution < -0.4 is 15.8 Å². The van der Waals surface area contributed by atoms with Crippen LogP contribution in [0.5, 0.6) is 5.75 Å². The number of ether oxygens (including phenoxy) is 1. The third-order valence-corrected chi connectivity index (χ3v) is 2.75. The first-order valence-electron chi connectivity index (χ1n) is 5.78. The van der Waals surface area contributed by atoms with Crippen LogP contribution in [-0.4, -0.2) is 7.11 Å². The van der Waals surface area contributed by atoms with E-state index in [1.807, 2.05) is 0 Å². The summed E-state index contributed by atoms with van der Waals surface area (Å²) in [4.78, 5) is 0. The molecule has 0 saturated carbocycles. The fourth-order valence-corrected chi connectivity index (χ4v) is 1.67. The van der Waals surface area contributed by atoms with E-state index >= 15 is 0 Å². The molecule has 0 amide bonds. The second kappa shape index (κ2) is 5.32. The molecule has 0 spiro atoms. The Kier molecular flexibility index (Phi) is 3.74. The van der Waals surface area contributed by atoms with Crippen molar-refractivity contribution >= 4 is 17.1 Å². The molecule has 2 aromatic carbocycles. The summed E-state index contributed by atoms with van der Waals surface area (Å²) in [6.45, 7) is 0. The molecule has 0 radical (unpaired) electrons. The number of methoxy groups -OCH3 is 1. The van der Waals surface area contributed by atoms with Gasteiger partial charge in [0.1, 0.15) is 5.75 Å². The molecule has 3 nitrogen and oxygen atoms in total. The zero-order chi connectivity index (χ0) is 14.8. The lowest BCUT2D eigenvalue weighted by atomic mass is 10.2. The molecule has 0 aliphatic carbocycles. The summed E-state index contributed by atoms with van der Waals surface area (Å²) in [5, 5.41) is 2.95. The SMILES string of the molecule is COc1ccc(N)c(Nc2ccc(C(F)(F)F)cc2)c1. The van der Waals surface area contributed by atoms with Crippen molar-refractivity contribution in [1.29, 1.82) is 0 Å². The van der Waals surface area contributed by atoms with Crippen molar-refractivity contribution in [2.45, 2.75) is 6.18 Å². The summed E-state index contributed by atoms with van der Waals surface area (Å²) in [6, 6.07) is 9.76. The summed E-state index contributed by atoms with van der Waals surface area (Å²) in [7, 11) is 1.52. The van der Waals surface area contributed by atoms with Gasteiger partial charge in [0.2, 0.25) is 0 Å². The smallest absolute Gasteiger partial charge is 0.416 e. The van der Waals surface area contributed by atoms with Gasteiger partial charge in [0.05, 0.1) is 24.0 Å². The summed E-state index contributed by atoms with van der Waals surface area (Å²) in [6.07, 6.45) is -4.34. The van der Waals surface area contributed by atoms with Gasteiger partial charge in [0.25, 0.3) is 0 Å². The molecular weight excluding hydrogens is 269 g/mol. The molecule has 2 rings (SSSR count). The molecule has 0 bridgehead atoms. The number of anilines is 3. The molecule has 6 heteroatoms. The van der Waals surface area contributed by atoms with Crippen molar-refractivity contribution in [3.63, 3.8) is 0 Å². The van der Waals surface area contributed by atoms with Crippen molar-refractivity contribution in [1.82, 2.24) is 0 Å². The first-order valence-corrected chi connectivity index (χ1v) is 5.78. The largest absolute Gasteiger partial charge is 0.497 e. The van der Waals surface area contributed by atoms with E-state index < -0.39 is 11.7 Å². The van der Waals surface area contributed by atoms with E-state index in [2.05, 4.69) is 5.32 Å². The lowest BCUT2D eigenvalue weighted by Crippen LogP contribution is -2.04. The van der Waals surface area contributed by atoms with Gasteiger partial charge in [0, 0.05) is 11.8 Å². The summed E-state index contributed by atoms with van der Waals surface area (Å²) in [5.74, 6) is 0.605. The molecule has 0 unspecified atom stereocenters. The number of hydrogen-bond acceptors (Lipinski definition) is 3. The van der Waals surface area contributed by atoms with Crippen molar-refractivity contribution in [2.24, 2.45) is 0 Å². The van der Waals surface area contributed by atoms with E-state index in [4.69, 9.17) is 10.5 Å². The maximum atomic E-state index is 12.5. The standard InChI is InChI=1S/C14H13F3N2O/c1-20-11-6-7-12(18)13(8-11)19-10-4-2-9(3-5-10)14(15,16)17/h2-8,19H,18H2,1H3. The highest BCUT2D eigenvalue weighted by Gasteiger charge is 2.29. The van der Waals surface area contributed by atoms with Crippen LogP contribution in [0.1, 0.15) is 5.56 Å². The van der Waals surface area contributed by atoms with E-state index in [9.17, 15) is 13.2 Å². The molecular formula is C14H13F3N2O. The fourth-order valence-electron chi connectivity index (χ4n) is 1.67. The van der Waals surface area contributed by atoms with E-state index in [0.29, 0.717) is 22.8 Å². The van der Waals surface area contributed by atoms with Crippen LogP contribution in [0.4, 0.5) is 30.2 Å². The Bertz CT molecular complexity index is 594. The van der Waals surface area contributed by atoms with Crippen LogP contribution >= 0.6 is 0 Å². The topological polar surface area (TPSA) is 47.3 Å². The third-order valence-electron chi connectivity index (χ3n) is 2.75. The van der Waals surface area contributed by atoms with Gasteiger partial charge < -0.3 is 15.8 Å². The minimum atomic E-state index is -4.34. The van der Waals surface area contributed by atoms with Crippen molar-refractivity contribution < 1.29 is 17.9 Å². The first-order chi connectivity index (χ1) is 9.40. The van der Waals surface area contributed by atoms with Crippen LogP contribution in [0.25, 0.3) is 0 Å². The Labute approximate surface area is 114 Å². The van der Waals surface area contributed by atoms with Gasteiger partial charge in [-0.05, 0) is 36.4 Å². The predicted molar refractivity (Wildman–Crippen MR) is 72.1 cm³/mol. The van der Waals surface area contributed by atoms with Gasteiger partial charge in [0.15, 0.2) is 0 Å². The maximum absolute atomic E-state index is 12.5. The number of nitrogens with one attached hydrogen (secondary N) is 1. The molecule has 3 N–H and O–H groups in total. The maximum Gasteiger partial charge on any atom is 0.416 e. The van der Waals surface area contributed by atoms with E-state index in [-0.39, 0.29) is 0 Å². The van der Waals surface area contributed by atoms with Gasteiger partial charge in [-0.25, -0.2) is 0 Å². The van der Waals surface area contributed by atoms with Crippen LogP contribution in [-0.2, 0) is 6.18 Å². The van der Waals surface area contributed by atoms with Gasteiger partial charge in [-0.1, -0.05) is 0 Å². The minimum Gasteiger partial charge on any atom is -0.497 e. The van der Waals surface area contributed by atoms with E-state index in [1.54, 1.807) is 18.2 Å². The highest BCUT2D eigenvalue weighted by atomic mass is 19.4. The molecule has 0 aliphatic heterocycles. The number of benzene rings is 2. The number of nitrogens with two attached hydrogens (primary N) is 1. The molecule has 0 atom stereocenters. The van der Waals surface area contributed by atoms with E-state index in [1.165, 1.54) is 19.2 Å². The number of hydrogen-bond donors (Lipinski definition) is 2. The number of alkyl halides is 3. The lowest BCUT2D eigenvalue weighted by molar-refractivity contribution is -0.137. The first kappa shape index (κ1) is 14.0. The van der Waals surface area contributed by atoms with Crippen LogP contribution in [0.2, 0.25) is 0 Å². The van der Waals surface area contributed by atoms with Gasteiger partial charge >= 0.3 is 6.18 Å². The molecule has 0 aromatic heterocycles. The Hall–Kier alpha value is -2.37. The summed E-state index contributed by atoms with van der Waals surface area (Å²) in [5.41, 5.74) is 6.66. The monoisotopic (exact) mass is 282 g/mol. The molecule has 0 heterocycles. The number of halogens is 3. The van der Waals surface area contributed by atoms with Crippen molar-refractivity contribution in [3.8, 4) is 5.75 Å². The average Bonchev–Trinajstić information content (AvgIpc) is 2.41. The Morgan fingerprint density at radius 2 is 1.70 bits per heavy atom. The molecule has 2 aromatic rings. The fraction of sp³-hybridized carbons (Fsp3) is 0.143. The van der Waals surface area contributed by atoms with Gasteiger partial charge in [-0.2, -0.15) is 13.2 Å². The van der Waals surface area contributed by atoms with Crippen LogP contribution in [0.3, 0.4) is 0 Å². The zero-order valence-electron chi connectivity index (χ0n) is 10.7. The van der Waals surface area contributed by atoms with Crippen molar-refractivity contribution in [2.75, 3.05) is 18.2 Å². The number of rotatable bonds is 3. The summed E-state index contributed by atoms with van der Waals surface area (Å²) >= 11 is 0. The Morgan fingerprint density at radius 1 is 1.05 bits per heavy atom.